The minimum Gasteiger partial charge on any atom is -0.497 e. The van der Waals surface area contributed by atoms with Crippen molar-refractivity contribution in [2.75, 3.05) is 7.11 Å². The summed E-state index contributed by atoms with van der Waals surface area (Å²) in [7, 11) is 1.63. The monoisotopic (exact) mass is 395 g/mol. The predicted octanol–water partition coefficient (Wildman–Crippen LogP) is 5.14. The van der Waals surface area contributed by atoms with Gasteiger partial charge in [-0.15, -0.1) is 5.10 Å². The lowest BCUT2D eigenvalue weighted by molar-refractivity contribution is 0.0994. The van der Waals surface area contributed by atoms with Crippen LogP contribution in [0.2, 0.25) is 0 Å². The van der Waals surface area contributed by atoms with Gasteiger partial charge in [-0.3, -0.25) is 9.89 Å². The van der Waals surface area contributed by atoms with E-state index in [9.17, 15) is 4.79 Å². The number of nitrogens with one attached hydrogen (secondary N) is 1. The first kappa shape index (κ1) is 20.1. The van der Waals surface area contributed by atoms with Crippen LogP contribution in [0.5, 0.6) is 5.75 Å². The van der Waals surface area contributed by atoms with Crippen LogP contribution < -0.4 is 4.74 Å². The fourth-order valence-electron chi connectivity index (χ4n) is 2.76. The summed E-state index contributed by atoms with van der Waals surface area (Å²) in [6.07, 6.45) is 0. The van der Waals surface area contributed by atoms with Gasteiger partial charge in [0.25, 0.3) is 0 Å². The molecule has 0 unspecified atom stereocenters. The van der Waals surface area contributed by atoms with E-state index in [2.05, 4.69) is 36.0 Å². The fraction of sp³-hybridized carbons (Fsp3) is 0.318. The number of methoxy groups -OCH3 is 1. The molecule has 3 rings (SSSR count). The lowest BCUT2D eigenvalue weighted by Crippen LogP contribution is -2.15. The number of ether oxygens (including phenoxy) is 1. The van der Waals surface area contributed by atoms with Crippen molar-refractivity contribution in [3.63, 3.8) is 0 Å². The summed E-state index contributed by atoms with van der Waals surface area (Å²) >= 11 is 1.35. The molecule has 28 heavy (non-hydrogen) atoms. The Balaban J connectivity index is 1.68. The van der Waals surface area contributed by atoms with E-state index in [4.69, 9.17) is 4.74 Å². The second-order valence-corrected chi connectivity index (χ2v) is 8.95. The second-order valence-electron chi connectivity index (χ2n) is 7.65. The van der Waals surface area contributed by atoms with Crippen LogP contribution in [0.15, 0.2) is 53.7 Å². The summed E-state index contributed by atoms with van der Waals surface area (Å²) < 4.78 is 5.17. The van der Waals surface area contributed by atoms with Crippen molar-refractivity contribution in [3.8, 4) is 17.1 Å². The maximum atomic E-state index is 12.8. The molecule has 5 nitrogen and oxygen atoms in total. The smallest absolute Gasteiger partial charge is 0.209 e. The highest BCUT2D eigenvalue weighted by atomic mass is 32.2. The minimum absolute atomic E-state index is 0.0682. The first-order chi connectivity index (χ1) is 13.3. The molecule has 0 fully saturated rings. The van der Waals surface area contributed by atoms with Crippen LogP contribution in [-0.4, -0.2) is 33.3 Å². The van der Waals surface area contributed by atoms with Crippen molar-refractivity contribution in [2.45, 2.75) is 43.5 Å². The number of H-pyrrole nitrogens is 1. The third-order valence-electron chi connectivity index (χ3n) is 4.52. The molecule has 0 aliphatic rings. The van der Waals surface area contributed by atoms with E-state index in [0.29, 0.717) is 16.5 Å². The number of thioether (sulfide) groups is 1. The lowest BCUT2D eigenvalue weighted by Gasteiger charge is -2.19. The summed E-state index contributed by atoms with van der Waals surface area (Å²) in [5.41, 5.74) is 2.90. The zero-order chi connectivity index (χ0) is 20.3. The molecule has 3 aromatic rings. The van der Waals surface area contributed by atoms with Crippen molar-refractivity contribution in [3.05, 3.63) is 59.7 Å². The van der Waals surface area contributed by atoms with Gasteiger partial charge in [-0.1, -0.05) is 56.8 Å². The summed E-state index contributed by atoms with van der Waals surface area (Å²) in [6.45, 7) is 8.36. The zero-order valence-electron chi connectivity index (χ0n) is 16.8. The SMILES string of the molecule is COc1ccc(-c2nc(S[C@@H](C)C(=O)c3ccc(C(C)(C)C)cc3)n[nH]2)cc1. The van der Waals surface area contributed by atoms with Gasteiger partial charge in [-0.25, -0.2) is 4.98 Å². The third kappa shape index (κ3) is 4.62. The van der Waals surface area contributed by atoms with E-state index >= 15 is 0 Å². The van der Waals surface area contributed by atoms with Gasteiger partial charge in [0.05, 0.1) is 12.4 Å². The molecule has 146 valence electrons. The van der Waals surface area contributed by atoms with E-state index in [-0.39, 0.29) is 16.4 Å². The third-order valence-corrected chi connectivity index (χ3v) is 5.48. The Morgan fingerprint density at radius 1 is 1.07 bits per heavy atom. The molecule has 2 aromatic carbocycles. The molecule has 0 bridgehead atoms. The van der Waals surface area contributed by atoms with E-state index in [1.165, 1.54) is 17.3 Å². The molecule has 0 aliphatic carbocycles. The van der Waals surface area contributed by atoms with E-state index in [1.54, 1.807) is 7.11 Å². The largest absolute Gasteiger partial charge is 0.497 e. The summed E-state index contributed by atoms with van der Waals surface area (Å²) in [5.74, 6) is 1.52. The van der Waals surface area contributed by atoms with Crippen LogP contribution in [0, 0.1) is 0 Å². The predicted molar refractivity (Wildman–Crippen MR) is 113 cm³/mol. The number of aromatic nitrogens is 3. The molecule has 6 heteroatoms. The summed E-state index contributed by atoms with van der Waals surface area (Å²) in [5, 5.41) is 7.45. The van der Waals surface area contributed by atoms with Crippen molar-refractivity contribution in [2.24, 2.45) is 0 Å². The number of rotatable bonds is 6. The van der Waals surface area contributed by atoms with Gasteiger partial charge in [0.1, 0.15) is 5.75 Å². The van der Waals surface area contributed by atoms with Crippen LogP contribution in [-0.2, 0) is 5.41 Å². The molecule has 0 radical (unpaired) electrons. The topological polar surface area (TPSA) is 67.9 Å². The number of Topliss-reactive ketones (excluding diaryl/α,β-unsaturated/α-hetero) is 1. The Hall–Kier alpha value is -2.60. The van der Waals surface area contributed by atoms with Gasteiger partial charge in [0.15, 0.2) is 11.6 Å². The van der Waals surface area contributed by atoms with Gasteiger partial charge >= 0.3 is 0 Å². The Morgan fingerprint density at radius 3 is 2.29 bits per heavy atom. The van der Waals surface area contributed by atoms with Gasteiger partial charge < -0.3 is 4.74 Å². The second kappa shape index (κ2) is 8.19. The van der Waals surface area contributed by atoms with Crippen LogP contribution in [0.1, 0.15) is 43.6 Å². The maximum absolute atomic E-state index is 12.8. The Bertz CT molecular complexity index is 941. The van der Waals surface area contributed by atoms with Crippen LogP contribution >= 0.6 is 11.8 Å². The number of nitrogens with zero attached hydrogens (tertiary/aromatic N) is 2. The Labute approximate surface area is 169 Å². The number of ketones is 1. The van der Waals surface area contributed by atoms with E-state index in [0.717, 1.165) is 11.3 Å². The number of carbonyl (C=O) groups is 1. The Morgan fingerprint density at radius 2 is 1.71 bits per heavy atom. The normalized spacial score (nSPS) is 12.6. The van der Waals surface area contributed by atoms with Crippen LogP contribution in [0.3, 0.4) is 0 Å². The summed E-state index contributed by atoms with van der Waals surface area (Å²) in [4.78, 5) is 17.3. The fourth-order valence-corrected chi connectivity index (χ4v) is 3.56. The molecule has 0 saturated carbocycles. The molecular formula is C22H25N3O2S. The molecule has 1 atom stereocenters. The quantitative estimate of drug-likeness (QED) is 0.462. The van der Waals surface area contributed by atoms with Gasteiger partial charge in [-0.2, -0.15) is 0 Å². The Kier molecular flexibility index (Phi) is 5.89. The first-order valence-electron chi connectivity index (χ1n) is 9.16. The molecule has 0 saturated heterocycles. The number of hydrogen-bond donors (Lipinski definition) is 1. The van der Waals surface area contributed by atoms with Crippen molar-refractivity contribution in [1.82, 2.24) is 15.2 Å². The van der Waals surface area contributed by atoms with Crippen molar-refractivity contribution in [1.29, 1.82) is 0 Å². The lowest BCUT2D eigenvalue weighted by atomic mass is 9.86. The van der Waals surface area contributed by atoms with Gasteiger partial charge in [-0.05, 0) is 42.2 Å². The molecule has 0 spiro atoms. The average Bonchev–Trinajstić information content (AvgIpc) is 3.15. The van der Waals surface area contributed by atoms with Gasteiger partial charge in [0.2, 0.25) is 5.16 Å². The van der Waals surface area contributed by atoms with Crippen molar-refractivity contribution >= 4 is 17.5 Å². The minimum atomic E-state index is -0.278. The molecule has 1 aromatic heterocycles. The summed E-state index contributed by atoms with van der Waals surface area (Å²) in [6, 6.07) is 15.4. The van der Waals surface area contributed by atoms with E-state index < -0.39 is 0 Å². The highest BCUT2D eigenvalue weighted by Crippen LogP contribution is 2.27. The standard InChI is InChI=1S/C22H25N3O2S/c1-14(19(26)15-6-10-17(11-7-15)22(2,3)4)28-21-23-20(24-25-21)16-8-12-18(27-5)13-9-16/h6-14H,1-5H3,(H,23,24,25)/t14-/m0/s1. The van der Waals surface area contributed by atoms with Gasteiger partial charge in [0, 0.05) is 11.1 Å². The first-order valence-corrected chi connectivity index (χ1v) is 10.0. The molecule has 0 amide bonds. The molecular weight excluding hydrogens is 370 g/mol. The number of benzene rings is 2. The highest BCUT2D eigenvalue weighted by Gasteiger charge is 2.20. The number of carbonyl (C=O) groups excluding carboxylic acids is 1. The zero-order valence-corrected chi connectivity index (χ0v) is 17.6. The van der Waals surface area contributed by atoms with E-state index in [1.807, 2.05) is 55.5 Å². The number of aromatic amines is 1. The van der Waals surface area contributed by atoms with Crippen LogP contribution in [0.4, 0.5) is 0 Å². The molecule has 0 aliphatic heterocycles. The van der Waals surface area contributed by atoms with Crippen LogP contribution in [0.25, 0.3) is 11.4 Å². The maximum Gasteiger partial charge on any atom is 0.209 e. The highest BCUT2D eigenvalue weighted by molar-refractivity contribution is 8.00. The average molecular weight is 396 g/mol. The molecule has 1 heterocycles. The van der Waals surface area contributed by atoms with Crippen molar-refractivity contribution < 1.29 is 9.53 Å². The number of hydrogen-bond acceptors (Lipinski definition) is 5. The molecule has 1 N–H and O–H groups in total.